The van der Waals surface area contributed by atoms with Gasteiger partial charge in [-0.1, -0.05) is 77.8 Å². The Morgan fingerprint density at radius 3 is 2.32 bits per heavy atom. The molecule has 188 valence electrons. The molecular formula is C29H23Cl2NO4S. The fourth-order valence-corrected chi connectivity index (χ4v) is 5.74. The number of hydrogen-bond donors (Lipinski definition) is 2. The minimum absolute atomic E-state index is 0.486. The van der Waals surface area contributed by atoms with Crippen LogP contribution >= 0.6 is 34.5 Å². The van der Waals surface area contributed by atoms with Gasteiger partial charge in [0, 0.05) is 10.6 Å². The standard InChI is InChI=1S/C29H23Cl2NO4S/c1-17(18-7-10-21(30)11-8-18)36-28(35)32-24-16-25(31)37-26(24)23-15-20(29(13-14-29)27(33)34)9-12-22(23)19-5-3-2-4-6-19/h2-12,15-17H,13-14H2,1H3,(H,32,35)(H,33,34). The summed E-state index contributed by atoms with van der Waals surface area (Å²) in [7, 11) is 0. The van der Waals surface area contributed by atoms with Crippen LogP contribution in [0.1, 0.15) is 37.0 Å². The first-order valence-corrected chi connectivity index (χ1v) is 13.3. The SMILES string of the molecule is CC(OC(=O)Nc1cc(Cl)sc1-c1cc(C2(C(=O)O)CC2)ccc1-c1ccccc1)c1ccc(Cl)cc1. The number of hydrogen-bond acceptors (Lipinski definition) is 4. The highest BCUT2D eigenvalue weighted by atomic mass is 35.5. The smallest absolute Gasteiger partial charge is 0.412 e. The number of rotatable bonds is 7. The lowest BCUT2D eigenvalue weighted by Gasteiger charge is -2.17. The molecule has 1 aliphatic carbocycles. The number of carbonyl (C=O) groups excluding carboxylic acids is 1. The van der Waals surface area contributed by atoms with E-state index in [1.807, 2.05) is 48.5 Å². The number of thiophene rings is 1. The topological polar surface area (TPSA) is 75.6 Å². The zero-order valence-corrected chi connectivity index (χ0v) is 22.2. The number of carboxylic acids is 1. The maximum absolute atomic E-state index is 12.9. The van der Waals surface area contributed by atoms with Gasteiger partial charge in [0.15, 0.2) is 0 Å². The quantitative estimate of drug-likeness (QED) is 0.240. The van der Waals surface area contributed by atoms with Gasteiger partial charge in [-0.3, -0.25) is 10.1 Å². The predicted molar refractivity (Wildman–Crippen MR) is 149 cm³/mol. The van der Waals surface area contributed by atoms with Gasteiger partial charge in [0.1, 0.15) is 6.10 Å². The third-order valence-electron chi connectivity index (χ3n) is 6.62. The fourth-order valence-electron chi connectivity index (χ4n) is 4.41. The zero-order valence-electron chi connectivity index (χ0n) is 19.8. The van der Waals surface area contributed by atoms with E-state index >= 15 is 0 Å². The largest absolute Gasteiger partial charge is 0.481 e. The summed E-state index contributed by atoms with van der Waals surface area (Å²) in [4.78, 5) is 25.6. The molecule has 1 aliphatic rings. The molecule has 5 nitrogen and oxygen atoms in total. The molecule has 1 saturated carbocycles. The second-order valence-electron chi connectivity index (χ2n) is 9.03. The second-order valence-corrected chi connectivity index (χ2v) is 11.2. The molecule has 3 aromatic carbocycles. The van der Waals surface area contributed by atoms with E-state index in [1.54, 1.807) is 37.3 Å². The van der Waals surface area contributed by atoms with Crippen LogP contribution in [0, 0.1) is 0 Å². The molecule has 2 N–H and O–H groups in total. The summed E-state index contributed by atoms with van der Waals surface area (Å²) in [6, 6.07) is 24.3. The van der Waals surface area contributed by atoms with Gasteiger partial charge in [0.05, 0.1) is 20.3 Å². The number of aliphatic carboxylic acids is 1. The molecule has 0 aliphatic heterocycles. The Balaban J connectivity index is 1.50. The highest BCUT2D eigenvalue weighted by molar-refractivity contribution is 7.20. The number of carboxylic acid groups (broad SMARTS) is 1. The minimum Gasteiger partial charge on any atom is -0.481 e. The van der Waals surface area contributed by atoms with Crippen LogP contribution < -0.4 is 5.32 Å². The van der Waals surface area contributed by atoms with Gasteiger partial charge in [0.2, 0.25) is 0 Å². The third-order valence-corrected chi connectivity index (χ3v) is 8.17. The Hall–Kier alpha value is -3.32. The van der Waals surface area contributed by atoms with Crippen molar-refractivity contribution in [2.75, 3.05) is 5.32 Å². The second kappa shape index (κ2) is 10.2. The molecule has 1 heterocycles. The first kappa shape index (κ1) is 25.3. The van der Waals surface area contributed by atoms with E-state index in [4.69, 9.17) is 27.9 Å². The van der Waals surface area contributed by atoms with Gasteiger partial charge in [-0.15, -0.1) is 11.3 Å². The third kappa shape index (κ3) is 5.23. The predicted octanol–water partition coefficient (Wildman–Crippen LogP) is 8.81. The molecule has 37 heavy (non-hydrogen) atoms. The van der Waals surface area contributed by atoms with Crippen LogP contribution in [0.5, 0.6) is 0 Å². The molecule has 0 bridgehead atoms. The van der Waals surface area contributed by atoms with E-state index in [0.717, 1.165) is 32.7 Å². The molecule has 1 fully saturated rings. The fraction of sp³-hybridized carbons (Fsp3) is 0.172. The number of carbonyl (C=O) groups is 2. The van der Waals surface area contributed by atoms with E-state index in [9.17, 15) is 14.7 Å². The van der Waals surface area contributed by atoms with Crippen LogP contribution in [0.3, 0.4) is 0 Å². The first-order chi connectivity index (χ1) is 17.8. The number of halogens is 2. The summed E-state index contributed by atoms with van der Waals surface area (Å²) >= 11 is 13.7. The van der Waals surface area contributed by atoms with Crippen molar-refractivity contribution in [1.82, 2.24) is 0 Å². The molecular weight excluding hydrogens is 529 g/mol. The van der Waals surface area contributed by atoms with Gasteiger partial charge < -0.3 is 9.84 Å². The van der Waals surface area contributed by atoms with Crippen molar-refractivity contribution in [2.24, 2.45) is 0 Å². The van der Waals surface area contributed by atoms with Gasteiger partial charge in [-0.2, -0.15) is 0 Å². The Morgan fingerprint density at radius 1 is 0.973 bits per heavy atom. The molecule has 5 rings (SSSR count). The number of ether oxygens (including phenoxy) is 1. The molecule has 8 heteroatoms. The van der Waals surface area contributed by atoms with Crippen molar-refractivity contribution in [2.45, 2.75) is 31.3 Å². The van der Waals surface area contributed by atoms with Crippen LogP contribution in [0.15, 0.2) is 78.9 Å². The molecule has 0 spiro atoms. The van der Waals surface area contributed by atoms with E-state index < -0.39 is 23.6 Å². The Labute approximate surface area is 228 Å². The van der Waals surface area contributed by atoms with Crippen LogP contribution in [0.25, 0.3) is 21.6 Å². The maximum atomic E-state index is 12.9. The Morgan fingerprint density at radius 2 is 1.68 bits per heavy atom. The summed E-state index contributed by atoms with van der Waals surface area (Å²) in [5, 5.41) is 13.3. The number of anilines is 1. The molecule has 1 aromatic heterocycles. The lowest BCUT2D eigenvalue weighted by Crippen LogP contribution is -2.19. The highest BCUT2D eigenvalue weighted by Crippen LogP contribution is 2.51. The first-order valence-electron chi connectivity index (χ1n) is 11.7. The van der Waals surface area contributed by atoms with Crippen molar-refractivity contribution in [1.29, 1.82) is 0 Å². The van der Waals surface area contributed by atoms with Crippen molar-refractivity contribution in [3.05, 3.63) is 99.3 Å². The van der Waals surface area contributed by atoms with Gasteiger partial charge in [-0.05, 0) is 66.3 Å². The maximum Gasteiger partial charge on any atom is 0.412 e. The number of nitrogens with one attached hydrogen (secondary N) is 1. The van der Waals surface area contributed by atoms with Crippen LogP contribution in [-0.4, -0.2) is 17.2 Å². The molecule has 4 aromatic rings. The summed E-state index contributed by atoms with van der Waals surface area (Å²) in [6.07, 6.45) is 0.0677. The zero-order chi connectivity index (χ0) is 26.2. The van der Waals surface area contributed by atoms with E-state index in [0.29, 0.717) is 27.9 Å². The number of benzene rings is 3. The average molecular weight is 552 g/mol. The Kier molecular flexibility index (Phi) is 6.99. The Bertz CT molecular complexity index is 1460. The molecule has 1 atom stereocenters. The molecule has 0 radical (unpaired) electrons. The molecule has 1 unspecified atom stereocenters. The monoisotopic (exact) mass is 551 g/mol. The van der Waals surface area contributed by atoms with E-state index in [1.165, 1.54) is 11.3 Å². The number of amides is 1. The lowest BCUT2D eigenvalue weighted by molar-refractivity contribution is -0.140. The van der Waals surface area contributed by atoms with Crippen molar-refractivity contribution < 1.29 is 19.4 Å². The summed E-state index contributed by atoms with van der Waals surface area (Å²) < 4.78 is 6.09. The van der Waals surface area contributed by atoms with Gasteiger partial charge in [-0.25, -0.2) is 4.79 Å². The lowest BCUT2D eigenvalue weighted by atomic mass is 9.89. The minimum atomic E-state index is -0.869. The average Bonchev–Trinajstić information content (AvgIpc) is 3.63. The van der Waals surface area contributed by atoms with Crippen LogP contribution in [0.2, 0.25) is 9.36 Å². The normalized spacial score (nSPS) is 14.6. The highest BCUT2D eigenvalue weighted by Gasteiger charge is 2.51. The van der Waals surface area contributed by atoms with Crippen molar-refractivity contribution in [3.63, 3.8) is 0 Å². The van der Waals surface area contributed by atoms with Gasteiger partial charge in [0.25, 0.3) is 0 Å². The van der Waals surface area contributed by atoms with Crippen molar-refractivity contribution >= 4 is 52.3 Å². The summed E-state index contributed by atoms with van der Waals surface area (Å²) in [5.41, 5.74) is 3.86. The van der Waals surface area contributed by atoms with E-state index in [2.05, 4.69) is 5.32 Å². The molecule has 1 amide bonds. The summed E-state index contributed by atoms with van der Waals surface area (Å²) in [5.74, 6) is -0.826. The van der Waals surface area contributed by atoms with Crippen molar-refractivity contribution in [3.8, 4) is 21.6 Å². The van der Waals surface area contributed by atoms with Crippen LogP contribution in [-0.2, 0) is 14.9 Å². The molecule has 0 saturated heterocycles. The van der Waals surface area contributed by atoms with Gasteiger partial charge >= 0.3 is 12.1 Å². The van der Waals surface area contributed by atoms with E-state index in [-0.39, 0.29) is 0 Å². The van der Waals surface area contributed by atoms with Crippen LogP contribution in [0.4, 0.5) is 10.5 Å². The summed E-state index contributed by atoms with van der Waals surface area (Å²) in [6.45, 7) is 1.78.